The molecule has 0 spiro atoms. The zero-order valence-corrected chi connectivity index (χ0v) is 18.2. The molecule has 2 amide bonds. The van der Waals surface area contributed by atoms with E-state index in [0.29, 0.717) is 35.1 Å². The van der Waals surface area contributed by atoms with E-state index in [1.807, 2.05) is 30.1 Å². The molecular weight excluding hydrogens is 376 g/mol. The number of amides is 2. The second-order valence-corrected chi connectivity index (χ2v) is 8.44. The molecule has 1 saturated carbocycles. The lowest BCUT2D eigenvalue weighted by atomic mass is 9.94. The van der Waals surface area contributed by atoms with E-state index in [4.69, 9.17) is 4.74 Å². The molecule has 0 unspecified atom stereocenters. The first-order chi connectivity index (χ1) is 14.5. The fourth-order valence-electron chi connectivity index (χ4n) is 3.79. The molecule has 5 heteroatoms. The number of rotatable bonds is 7. The zero-order chi connectivity index (χ0) is 21.5. The van der Waals surface area contributed by atoms with Gasteiger partial charge in [0.05, 0.1) is 17.9 Å². The molecule has 1 N–H and O–H groups in total. The van der Waals surface area contributed by atoms with Crippen molar-refractivity contribution in [1.82, 2.24) is 4.90 Å². The van der Waals surface area contributed by atoms with Gasteiger partial charge < -0.3 is 15.0 Å². The van der Waals surface area contributed by atoms with Crippen LogP contribution < -0.4 is 10.1 Å². The highest BCUT2D eigenvalue weighted by Gasteiger charge is 2.25. The number of nitrogens with one attached hydrogen (secondary N) is 1. The van der Waals surface area contributed by atoms with Crippen LogP contribution in [0.3, 0.4) is 0 Å². The van der Waals surface area contributed by atoms with Gasteiger partial charge in [0.25, 0.3) is 11.8 Å². The fraction of sp³-hybridized carbons (Fsp3) is 0.440. The fourth-order valence-corrected chi connectivity index (χ4v) is 3.79. The van der Waals surface area contributed by atoms with Gasteiger partial charge in [0.15, 0.2) is 0 Å². The number of carbonyl (C=O) groups is 2. The number of benzene rings is 2. The topological polar surface area (TPSA) is 58.6 Å². The van der Waals surface area contributed by atoms with Crippen LogP contribution in [0, 0.1) is 5.92 Å². The summed E-state index contributed by atoms with van der Waals surface area (Å²) >= 11 is 0. The van der Waals surface area contributed by atoms with Crippen LogP contribution in [0.25, 0.3) is 0 Å². The zero-order valence-electron chi connectivity index (χ0n) is 18.2. The van der Waals surface area contributed by atoms with Crippen molar-refractivity contribution < 1.29 is 14.3 Å². The molecule has 30 heavy (non-hydrogen) atoms. The Bertz CT molecular complexity index is 872. The second kappa shape index (κ2) is 10.3. The third-order valence-corrected chi connectivity index (χ3v) is 5.53. The maximum Gasteiger partial charge on any atom is 0.255 e. The lowest BCUT2D eigenvalue weighted by Crippen LogP contribution is -2.38. The Balaban J connectivity index is 1.73. The Labute approximate surface area is 179 Å². The average Bonchev–Trinajstić information content (AvgIpc) is 2.78. The van der Waals surface area contributed by atoms with Crippen molar-refractivity contribution >= 4 is 17.5 Å². The van der Waals surface area contributed by atoms with Gasteiger partial charge in [-0.3, -0.25) is 9.59 Å². The highest BCUT2D eigenvalue weighted by Crippen LogP contribution is 2.25. The second-order valence-electron chi connectivity index (χ2n) is 8.44. The predicted molar refractivity (Wildman–Crippen MR) is 120 cm³/mol. The van der Waals surface area contributed by atoms with Gasteiger partial charge in [-0.25, -0.2) is 0 Å². The third-order valence-electron chi connectivity index (χ3n) is 5.53. The molecule has 0 bridgehead atoms. The number of hydrogen-bond acceptors (Lipinski definition) is 3. The maximum absolute atomic E-state index is 13.1. The van der Waals surface area contributed by atoms with Crippen LogP contribution in [0.4, 0.5) is 5.69 Å². The summed E-state index contributed by atoms with van der Waals surface area (Å²) in [6.45, 7) is 4.75. The van der Waals surface area contributed by atoms with Crippen molar-refractivity contribution in [1.29, 1.82) is 0 Å². The molecule has 0 aromatic heterocycles. The van der Waals surface area contributed by atoms with Gasteiger partial charge in [-0.2, -0.15) is 0 Å². The Morgan fingerprint density at radius 1 is 1.07 bits per heavy atom. The van der Waals surface area contributed by atoms with Crippen LogP contribution in [0.5, 0.6) is 5.75 Å². The molecule has 2 aromatic carbocycles. The SMILES string of the molecule is CC(C)COc1cccc(C(=O)Nc2ccccc2C(=O)N(C)C2CCCCC2)c1. The Hall–Kier alpha value is -2.82. The van der Waals surface area contributed by atoms with E-state index in [0.717, 1.165) is 25.7 Å². The van der Waals surface area contributed by atoms with E-state index in [1.54, 1.807) is 30.3 Å². The quantitative estimate of drug-likeness (QED) is 0.669. The summed E-state index contributed by atoms with van der Waals surface area (Å²) in [6, 6.07) is 14.6. The monoisotopic (exact) mass is 408 g/mol. The van der Waals surface area contributed by atoms with Crippen LogP contribution in [-0.2, 0) is 0 Å². The minimum absolute atomic E-state index is 0.0492. The summed E-state index contributed by atoms with van der Waals surface area (Å²) in [5.41, 5.74) is 1.55. The molecule has 1 aliphatic carbocycles. The molecule has 1 aliphatic rings. The van der Waals surface area contributed by atoms with Gasteiger partial charge in [-0.1, -0.05) is 51.3 Å². The highest BCUT2D eigenvalue weighted by atomic mass is 16.5. The molecule has 2 aromatic rings. The van der Waals surface area contributed by atoms with E-state index in [2.05, 4.69) is 19.2 Å². The molecule has 160 valence electrons. The number of nitrogens with zero attached hydrogens (tertiary/aromatic N) is 1. The lowest BCUT2D eigenvalue weighted by Gasteiger charge is -2.31. The van der Waals surface area contributed by atoms with E-state index in [-0.39, 0.29) is 17.9 Å². The summed E-state index contributed by atoms with van der Waals surface area (Å²) in [6.07, 6.45) is 5.65. The van der Waals surface area contributed by atoms with Crippen LogP contribution >= 0.6 is 0 Å². The number of anilines is 1. The molecule has 1 fully saturated rings. The van der Waals surface area contributed by atoms with Crippen molar-refractivity contribution in [3.05, 3.63) is 59.7 Å². The molecule has 3 rings (SSSR count). The van der Waals surface area contributed by atoms with Gasteiger partial charge in [0.2, 0.25) is 0 Å². The summed E-state index contributed by atoms with van der Waals surface area (Å²) in [7, 11) is 1.87. The molecule has 0 atom stereocenters. The van der Waals surface area contributed by atoms with E-state index >= 15 is 0 Å². The normalized spacial score (nSPS) is 14.4. The molecule has 5 nitrogen and oxygen atoms in total. The van der Waals surface area contributed by atoms with Gasteiger partial charge >= 0.3 is 0 Å². The summed E-state index contributed by atoms with van der Waals surface area (Å²) in [4.78, 5) is 27.8. The lowest BCUT2D eigenvalue weighted by molar-refractivity contribution is 0.0697. The molecule has 0 saturated heterocycles. The van der Waals surface area contributed by atoms with Crippen LogP contribution in [-0.4, -0.2) is 36.4 Å². The number of ether oxygens (including phenoxy) is 1. The molecule has 0 aliphatic heterocycles. The first-order valence-corrected chi connectivity index (χ1v) is 10.9. The molecule has 0 heterocycles. The smallest absolute Gasteiger partial charge is 0.255 e. The van der Waals surface area contributed by atoms with Crippen LogP contribution in [0.15, 0.2) is 48.5 Å². The number of carbonyl (C=O) groups excluding carboxylic acids is 2. The molecule has 0 radical (unpaired) electrons. The standard InChI is InChI=1S/C25H32N2O3/c1-18(2)17-30-21-13-9-10-19(16-21)24(28)26-23-15-8-7-14-22(23)25(29)27(3)20-11-5-4-6-12-20/h7-10,13-16,18,20H,4-6,11-12,17H2,1-3H3,(H,26,28). The number of para-hydroxylation sites is 1. The largest absolute Gasteiger partial charge is 0.493 e. The highest BCUT2D eigenvalue weighted by molar-refractivity contribution is 6.09. The van der Waals surface area contributed by atoms with Gasteiger partial charge in [0.1, 0.15) is 5.75 Å². The van der Waals surface area contributed by atoms with Crippen molar-refractivity contribution in [2.24, 2.45) is 5.92 Å². The van der Waals surface area contributed by atoms with E-state index in [1.165, 1.54) is 6.42 Å². The van der Waals surface area contributed by atoms with Crippen molar-refractivity contribution in [2.45, 2.75) is 52.0 Å². The van der Waals surface area contributed by atoms with E-state index < -0.39 is 0 Å². The third kappa shape index (κ3) is 5.62. The minimum Gasteiger partial charge on any atom is -0.493 e. The van der Waals surface area contributed by atoms with Crippen molar-refractivity contribution in [2.75, 3.05) is 19.0 Å². The number of hydrogen-bond donors (Lipinski definition) is 1. The van der Waals surface area contributed by atoms with Crippen molar-refractivity contribution in [3.8, 4) is 5.75 Å². The Morgan fingerprint density at radius 2 is 1.80 bits per heavy atom. The first kappa shape index (κ1) is 21.9. The maximum atomic E-state index is 13.1. The minimum atomic E-state index is -0.259. The van der Waals surface area contributed by atoms with Crippen LogP contribution in [0.1, 0.15) is 66.7 Å². The predicted octanol–water partition coefficient (Wildman–Crippen LogP) is 5.38. The summed E-state index contributed by atoms with van der Waals surface area (Å²) in [5.74, 6) is 0.761. The average molecular weight is 409 g/mol. The summed E-state index contributed by atoms with van der Waals surface area (Å²) in [5, 5.41) is 2.92. The molecular formula is C25H32N2O3. The summed E-state index contributed by atoms with van der Waals surface area (Å²) < 4.78 is 5.73. The van der Waals surface area contributed by atoms with Gasteiger partial charge in [-0.05, 0) is 49.1 Å². The van der Waals surface area contributed by atoms with Gasteiger partial charge in [0, 0.05) is 18.7 Å². The van der Waals surface area contributed by atoms with Crippen molar-refractivity contribution in [3.63, 3.8) is 0 Å². The van der Waals surface area contributed by atoms with Crippen LogP contribution in [0.2, 0.25) is 0 Å². The van der Waals surface area contributed by atoms with Gasteiger partial charge in [-0.15, -0.1) is 0 Å². The van der Waals surface area contributed by atoms with E-state index in [9.17, 15) is 9.59 Å². The Morgan fingerprint density at radius 3 is 2.53 bits per heavy atom. The first-order valence-electron chi connectivity index (χ1n) is 10.9. The Kier molecular flexibility index (Phi) is 7.50.